The lowest BCUT2D eigenvalue weighted by Crippen LogP contribution is -2.38. The van der Waals surface area contributed by atoms with Gasteiger partial charge in [0.2, 0.25) is 0 Å². The highest BCUT2D eigenvalue weighted by atomic mass is 16.6. The summed E-state index contributed by atoms with van der Waals surface area (Å²) >= 11 is 0. The van der Waals surface area contributed by atoms with Crippen molar-refractivity contribution < 1.29 is 14.6 Å². The monoisotopic (exact) mass is 209 g/mol. The van der Waals surface area contributed by atoms with Gasteiger partial charge in [-0.05, 0) is 32.9 Å². The first-order valence-corrected chi connectivity index (χ1v) is 4.90. The lowest BCUT2D eigenvalue weighted by molar-refractivity contribution is 0.0541. The van der Waals surface area contributed by atoms with Gasteiger partial charge in [0.1, 0.15) is 5.60 Å². The molecule has 0 unspecified atom stereocenters. The molecule has 0 saturated heterocycles. The maximum absolute atomic E-state index is 11.7. The van der Waals surface area contributed by atoms with Gasteiger partial charge in [0.25, 0.3) is 0 Å². The molecule has 1 heterocycles. The first kappa shape index (κ1) is 11.8. The van der Waals surface area contributed by atoms with Crippen LogP contribution < -0.4 is 5.59 Å². The molecule has 0 amide bonds. The van der Waals surface area contributed by atoms with Crippen LogP contribution >= 0.6 is 0 Å². The standard InChI is InChI=1S/C10H16BNO3/c1-10(2,3)15-9(13)12-7-5-6-8(12)11(4)14/h5-7,14H,1-4H3. The molecule has 0 aliphatic heterocycles. The summed E-state index contributed by atoms with van der Waals surface area (Å²) < 4.78 is 6.50. The number of carbonyl (C=O) groups is 1. The van der Waals surface area contributed by atoms with Crippen LogP contribution in [0.4, 0.5) is 4.79 Å². The Morgan fingerprint density at radius 2 is 2.13 bits per heavy atom. The minimum Gasteiger partial charge on any atom is -0.446 e. The molecular formula is C10H16BNO3. The molecule has 0 fully saturated rings. The third-order valence-electron chi connectivity index (χ3n) is 1.80. The van der Waals surface area contributed by atoms with Gasteiger partial charge in [0.05, 0.1) is 0 Å². The molecule has 0 aromatic carbocycles. The van der Waals surface area contributed by atoms with Crippen LogP contribution in [0.3, 0.4) is 0 Å². The summed E-state index contributed by atoms with van der Waals surface area (Å²) in [6.45, 7) is 6.33. The summed E-state index contributed by atoms with van der Waals surface area (Å²) in [5, 5.41) is 9.41. The molecule has 1 rings (SSSR count). The Morgan fingerprint density at radius 1 is 1.53 bits per heavy atom. The first-order chi connectivity index (χ1) is 6.81. The molecule has 1 aromatic rings. The maximum atomic E-state index is 11.7. The Balaban J connectivity index is 2.87. The predicted octanol–water partition coefficient (Wildman–Crippen LogP) is 1.09. The number of aromatic nitrogens is 1. The molecule has 0 bridgehead atoms. The molecule has 4 nitrogen and oxygen atoms in total. The van der Waals surface area contributed by atoms with Gasteiger partial charge in [0, 0.05) is 11.8 Å². The normalized spacial score (nSPS) is 11.3. The largest absolute Gasteiger partial charge is 0.446 e. The van der Waals surface area contributed by atoms with Gasteiger partial charge in [0.15, 0.2) is 0 Å². The van der Waals surface area contributed by atoms with Gasteiger partial charge in [-0.15, -0.1) is 0 Å². The Bertz CT molecular complexity index is 352. The number of rotatable bonds is 1. The van der Waals surface area contributed by atoms with E-state index in [2.05, 4.69) is 0 Å². The Kier molecular flexibility index (Phi) is 3.24. The smallest absolute Gasteiger partial charge is 0.418 e. The fraction of sp³-hybridized carbons (Fsp3) is 0.500. The number of carbonyl (C=O) groups excluding carboxylic acids is 1. The zero-order valence-electron chi connectivity index (χ0n) is 9.52. The Labute approximate surface area is 90.0 Å². The van der Waals surface area contributed by atoms with Gasteiger partial charge in [-0.1, -0.05) is 6.82 Å². The van der Waals surface area contributed by atoms with Crippen molar-refractivity contribution in [2.24, 2.45) is 0 Å². The van der Waals surface area contributed by atoms with E-state index in [9.17, 15) is 9.82 Å². The SMILES string of the molecule is CB(O)c1cccn1C(=O)OC(C)(C)C. The van der Waals surface area contributed by atoms with Crippen molar-refractivity contribution in [2.75, 3.05) is 0 Å². The van der Waals surface area contributed by atoms with Gasteiger partial charge in [-0.2, -0.15) is 0 Å². The van der Waals surface area contributed by atoms with Crippen LogP contribution in [-0.2, 0) is 4.74 Å². The highest BCUT2D eigenvalue weighted by Crippen LogP contribution is 2.08. The zero-order chi connectivity index (χ0) is 11.6. The van der Waals surface area contributed by atoms with E-state index in [-0.39, 0.29) is 0 Å². The quantitative estimate of drug-likeness (QED) is 0.704. The fourth-order valence-electron chi connectivity index (χ4n) is 1.21. The summed E-state index contributed by atoms with van der Waals surface area (Å²) in [5.41, 5.74) is 0.00127. The summed E-state index contributed by atoms with van der Waals surface area (Å²) in [5.74, 6) is 0. The number of nitrogens with zero attached hydrogens (tertiary/aromatic N) is 1. The van der Waals surface area contributed by atoms with E-state index in [4.69, 9.17) is 4.74 Å². The number of hydrogen-bond donors (Lipinski definition) is 1. The number of hydrogen-bond acceptors (Lipinski definition) is 3. The maximum Gasteiger partial charge on any atom is 0.418 e. The van der Waals surface area contributed by atoms with Crippen molar-refractivity contribution in [1.82, 2.24) is 4.57 Å². The van der Waals surface area contributed by atoms with Crippen molar-refractivity contribution in [3.8, 4) is 0 Å². The highest BCUT2D eigenvalue weighted by molar-refractivity contribution is 6.64. The molecule has 0 saturated carbocycles. The van der Waals surface area contributed by atoms with Gasteiger partial charge in [-0.3, -0.25) is 4.57 Å². The van der Waals surface area contributed by atoms with E-state index in [0.717, 1.165) is 0 Å². The second kappa shape index (κ2) is 4.10. The Hall–Kier alpha value is -1.23. The first-order valence-electron chi connectivity index (χ1n) is 4.90. The Morgan fingerprint density at radius 3 is 2.60 bits per heavy atom. The molecule has 82 valence electrons. The van der Waals surface area contributed by atoms with Crippen molar-refractivity contribution in [2.45, 2.75) is 33.2 Å². The summed E-state index contributed by atoms with van der Waals surface area (Å²) in [6.07, 6.45) is 1.11. The average Bonchev–Trinajstić information content (AvgIpc) is 2.47. The molecule has 0 aliphatic rings. The van der Waals surface area contributed by atoms with Crippen LogP contribution in [-0.4, -0.2) is 28.2 Å². The minimum absolute atomic E-state index is 0.469. The summed E-state index contributed by atoms with van der Waals surface area (Å²) in [4.78, 5) is 11.7. The molecule has 0 atom stereocenters. The van der Waals surface area contributed by atoms with E-state index >= 15 is 0 Å². The predicted molar refractivity (Wildman–Crippen MR) is 59.5 cm³/mol. The molecule has 0 radical (unpaired) electrons. The van der Waals surface area contributed by atoms with Crippen molar-refractivity contribution in [3.63, 3.8) is 0 Å². The molecule has 0 aliphatic carbocycles. The van der Waals surface area contributed by atoms with Crippen LogP contribution in [0.1, 0.15) is 20.8 Å². The highest BCUT2D eigenvalue weighted by Gasteiger charge is 2.21. The van der Waals surface area contributed by atoms with Gasteiger partial charge < -0.3 is 9.76 Å². The number of ether oxygens (including phenoxy) is 1. The van der Waals surface area contributed by atoms with Crippen LogP contribution in [0, 0.1) is 0 Å². The van der Waals surface area contributed by atoms with E-state index in [1.165, 1.54) is 4.57 Å². The van der Waals surface area contributed by atoms with Gasteiger partial charge in [-0.25, -0.2) is 4.79 Å². The van der Waals surface area contributed by atoms with E-state index in [1.807, 2.05) is 0 Å². The lowest BCUT2D eigenvalue weighted by Gasteiger charge is -2.20. The third-order valence-corrected chi connectivity index (χ3v) is 1.80. The second-order valence-electron chi connectivity index (χ2n) is 4.46. The molecule has 5 heteroatoms. The van der Waals surface area contributed by atoms with Crippen molar-refractivity contribution >= 4 is 18.6 Å². The fourth-order valence-corrected chi connectivity index (χ4v) is 1.21. The van der Waals surface area contributed by atoms with E-state index < -0.39 is 18.6 Å². The summed E-state index contributed by atoms with van der Waals surface area (Å²) in [6, 6.07) is 3.39. The molecule has 1 N–H and O–H groups in total. The summed E-state index contributed by atoms with van der Waals surface area (Å²) in [7, 11) is 0. The van der Waals surface area contributed by atoms with Gasteiger partial charge >= 0.3 is 13.0 Å². The topological polar surface area (TPSA) is 51.5 Å². The van der Waals surface area contributed by atoms with Crippen molar-refractivity contribution in [3.05, 3.63) is 18.3 Å². The molecule has 15 heavy (non-hydrogen) atoms. The van der Waals surface area contributed by atoms with E-state index in [1.54, 1.807) is 45.9 Å². The average molecular weight is 209 g/mol. The minimum atomic E-state index is -0.687. The third kappa shape index (κ3) is 3.13. The van der Waals surface area contributed by atoms with Crippen LogP contribution in [0.25, 0.3) is 0 Å². The molecular weight excluding hydrogens is 193 g/mol. The molecule has 0 spiro atoms. The second-order valence-corrected chi connectivity index (χ2v) is 4.46. The van der Waals surface area contributed by atoms with Crippen LogP contribution in [0.15, 0.2) is 18.3 Å². The molecule has 1 aromatic heterocycles. The van der Waals surface area contributed by atoms with Crippen LogP contribution in [0.5, 0.6) is 0 Å². The van der Waals surface area contributed by atoms with Crippen LogP contribution in [0.2, 0.25) is 6.82 Å². The van der Waals surface area contributed by atoms with Crippen molar-refractivity contribution in [1.29, 1.82) is 0 Å². The van der Waals surface area contributed by atoms with E-state index in [0.29, 0.717) is 5.59 Å². The zero-order valence-corrected chi connectivity index (χ0v) is 9.52. The lowest BCUT2D eigenvalue weighted by atomic mass is 9.68.